The predicted octanol–water partition coefficient (Wildman–Crippen LogP) is 4.08. The minimum Gasteiger partial charge on any atom is -0.490 e. The third-order valence-electron chi connectivity index (χ3n) is 3.70. The van der Waals surface area contributed by atoms with Crippen LogP contribution in [0.5, 0.6) is 5.75 Å². The van der Waals surface area contributed by atoms with Crippen molar-refractivity contribution in [2.24, 2.45) is 0 Å². The highest BCUT2D eigenvalue weighted by Crippen LogP contribution is 2.25. The fraction of sp³-hybridized carbons (Fsp3) is 0.353. The molecule has 1 heterocycles. The molecule has 1 saturated carbocycles. The average molecular weight is 282 g/mol. The molecule has 1 fully saturated rings. The van der Waals surface area contributed by atoms with Crippen molar-refractivity contribution in [2.45, 2.75) is 38.3 Å². The zero-order valence-corrected chi connectivity index (χ0v) is 11.8. The zero-order chi connectivity index (χ0) is 14.5. The van der Waals surface area contributed by atoms with Gasteiger partial charge in [0.25, 0.3) is 0 Å². The van der Waals surface area contributed by atoms with Crippen LogP contribution in [0.2, 0.25) is 0 Å². The summed E-state index contributed by atoms with van der Waals surface area (Å²) in [6.07, 6.45) is 5.27. The summed E-state index contributed by atoms with van der Waals surface area (Å²) < 4.78 is 11.2. The molecule has 4 nitrogen and oxygen atoms in total. The van der Waals surface area contributed by atoms with Crippen molar-refractivity contribution in [3.05, 3.63) is 47.9 Å². The fourth-order valence-corrected chi connectivity index (χ4v) is 2.57. The van der Waals surface area contributed by atoms with Crippen LogP contribution in [0, 0.1) is 11.3 Å². The summed E-state index contributed by atoms with van der Waals surface area (Å²) in [4.78, 5) is 0. The molecule has 21 heavy (non-hydrogen) atoms. The van der Waals surface area contributed by atoms with Crippen LogP contribution in [0.3, 0.4) is 0 Å². The number of anilines is 1. The lowest BCUT2D eigenvalue weighted by molar-refractivity contribution is 0.210. The molecule has 108 valence electrons. The van der Waals surface area contributed by atoms with Gasteiger partial charge >= 0.3 is 0 Å². The van der Waals surface area contributed by atoms with E-state index in [4.69, 9.17) is 14.4 Å². The van der Waals surface area contributed by atoms with Gasteiger partial charge in [0.05, 0.1) is 12.6 Å². The van der Waals surface area contributed by atoms with Gasteiger partial charge in [-0.15, -0.1) is 0 Å². The third-order valence-corrected chi connectivity index (χ3v) is 3.70. The Morgan fingerprint density at radius 1 is 1.14 bits per heavy atom. The Morgan fingerprint density at radius 3 is 2.57 bits per heavy atom. The maximum atomic E-state index is 8.71. The molecule has 3 rings (SSSR count). The number of furan rings is 1. The molecule has 2 aromatic rings. The van der Waals surface area contributed by atoms with Gasteiger partial charge in [0.2, 0.25) is 5.76 Å². The van der Waals surface area contributed by atoms with Crippen LogP contribution in [-0.2, 0) is 6.54 Å². The monoisotopic (exact) mass is 282 g/mol. The van der Waals surface area contributed by atoms with Gasteiger partial charge in [0.15, 0.2) is 0 Å². The summed E-state index contributed by atoms with van der Waals surface area (Å²) in [6.45, 7) is 0.560. The number of hydrogen-bond donors (Lipinski definition) is 1. The second kappa shape index (κ2) is 6.36. The van der Waals surface area contributed by atoms with E-state index < -0.39 is 0 Å². The molecule has 0 unspecified atom stereocenters. The largest absolute Gasteiger partial charge is 0.490 e. The Kier molecular flexibility index (Phi) is 4.11. The lowest BCUT2D eigenvalue weighted by Crippen LogP contribution is -2.10. The first-order chi connectivity index (χ1) is 10.3. The van der Waals surface area contributed by atoms with Crippen molar-refractivity contribution in [1.82, 2.24) is 0 Å². The Bertz CT molecular complexity index is 619. The summed E-state index contributed by atoms with van der Waals surface area (Å²) >= 11 is 0. The van der Waals surface area contributed by atoms with Gasteiger partial charge in [-0.05, 0) is 62.1 Å². The van der Waals surface area contributed by atoms with Gasteiger partial charge in [-0.1, -0.05) is 0 Å². The third kappa shape index (κ3) is 3.57. The van der Waals surface area contributed by atoms with Gasteiger partial charge in [-0.2, -0.15) is 5.26 Å². The standard InChI is InChI=1S/C17H18N2O2/c18-11-16-9-10-17(21-16)12-19-13-5-7-15(8-6-13)20-14-3-1-2-4-14/h5-10,14,19H,1-4,12H2. The first-order valence-corrected chi connectivity index (χ1v) is 7.33. The average Bonchev–Trinajstić information content (AvgIpc) is 3.18. The molecule has 0 spiro atoms. The van der Waals surface area contributed by atoms with Crippen molar-refractivity contribution in [1.29, 1.82) is 5.26 Å². The second-order valence-corrected chi connectivity index (χ2v) is 5.28. The quantitative estimate of drug-likeness (QED) is 0.897. The maximum Gasteiger partial charge on any atom is 0.203 e. The Morgan fingerprint density at radius 2 is 1.90 bits per heavy atom. The lowest BCUT2D eigenvalue weighted by Gasteiger charge is -2.13. The van der Waals surface area contributed by atoms with Crippen molar-refractivity contribution in [3.63, 3.8) is 0 Å². The van der Waals surface area contributed by atoms with E-state index in [1.165, 1.54) is 25.7 Å². The number of nitrogens with zero attached hydrogens (tertiary/aromatic N) is 1. The van der Waals surface area contributed by atoms with Crippen LogP contribution in [0.15, 0.2) is 40.8 Å². The summed E-state index contributed by atoms with van der Waals surface area (Å²) in [5, 5.41) is 12.0. The van der Waals surface area contributed by atoms with Gasteiger partial charge in [0, 0.05) is 5.69 Å². The van der Waals surface area contributed by atoms with E-state index in [-0.39, 0.29) is 0 Å². The normalized spacial score (nSPS) is 14.8. The van der Waals surface area contributed by atoms with Crippen LogP contribution in [-0.4, -0.2) is 6.10 Å². The highest BCUT2D eigenvalue weighted by atomic mass is 16.5. The van der Waals surface area contributed by atoms with Crippen LogP contribution in [0.25, 0.3) is 0 Å². The highest BCUT2D eigenvalue weighted by molar-refractivity contribution is 5.46. The maximum absolute atomic E-state index is 8.71. The first-order valence-electron chi connectivity index (χ1n) is 7.33. The van der Waals surface area contributed by atoms with Crippen LogP contribution in [0.4, 0.5) is 5.69 Å². The molecule has 4 heteroatoms. The van der Waals surface area contributed by atoms with E-state index in [2.05, 4.69) is 5.32 Å². The van der Waals surface area contributed by atoms with Gasteiger partial charge < -0.3 is 14.5 Å². The predicted molar refractivity (Wildman–Crippen MR) is 80.1 cm³/mol. The molecule has 1 aromatic heterocycles. The van der Waals surface area contributed by atoms with Gasteiger partial charge in [-0.3, -0.25) is 0 Å². The van der Waals surface area contributed by atoms with Gasteiger partial charge in [-0.25, -0.2) is 0 Å². The minimum atomic E-state index is 0.340. The summed E-state index contributed by atoms with van der Waals surface area (Å²) in [6, 6.07) is 13.4. The SMILES string of the molecule is N#Cc1ccc(CNc2ccc(OC3CCCC3)cc2)o1. The molecule has 1 N–H and O–H groups in total. The Hall–Kier alpha value is -2.41. The zero-order valence-electron chi connectivity index (χ0n) is 11.8. The minimum absolute atomic E-state index is 0.340. The van der Waals surface area contributed by atoms with Crippen LogP contribution >= 0.6 is 0 Å². The van der Waals surface area contributed by atoms with E-state index in [1.807, 2.05) is 36.4 Å². The highest BCUT2D eigenvalue weighted by Gasteiger charge is 2.16. The molecule has 0 atom stereocenters. The molecule has 1 aromatic carbocycles. The number of ether oxygens (including phenoxy) is 1. The number of rotatable bonds is 5. The Balaban J connectivity index is 1.53. The molecule has 1 aliphatic rings. The van der Waals surface area contributed by atoms with E-state index in [1.54, 1.807) is 6.07 Å². The Labute approximate surface area is 124 Å². The molecule has 0 aliphatic heterocycles. The van der Waals surface area contributed by atoms with Gasteiger partial charge in [0.1, 0.15) is 17.6 Å². The first kappa shape index (κ1) is 13.6. The lowest BCUT2D eigenvalue weighted by atomic mass is 10.2. The molecule has 0 amide bonds. The van der Waals surface area contributed by atoms with Crippen LogP contribution in [0.1, 0.15) is 37.2 Å². The topological polar surface area (TPSA) is 58.2 Å². The molecule has 0 bridgehead atoms. The van der Waals surface area contributed by atoms with Crippen molar-refractivity contribution in [3.8, 4) is 11.8 Å². The fourth-order valence-electron chi connectivity index (χ4n) is 2.57. The molecular weight excluding hydrogens is 264 g/mol. The number of nitrogens with one attached hydrogen (secondary N) is 1. The molecular formula is C17H18N2O2. The summed E-state index contributed by atoms with van der Waals surface area (Å²) in [5.74, 6) is 2.02. The number of nitriles is 1. The molecule has 0 radical (unpaired) electrons. The van der Waals surface area contributed by atoms with E-state index in [0.717, 1.165) is 17.2 Å². The van der Waals surface area contributed by atoms with Crippen molar-refractivity contribution >= 4 is 5.69 Å². The summed E-state index contributed by atoms with van der Waals surface area (Å²) in [7, 11) is 0. The van der Waals surface area contributed by atoms with Crippen molar-refractivity contribution < 1.29 is 9.15 Å². The second-order valence-electron chi connectivity index (χ2n) is 5.28. The van der Waals surface area contributed by atoms with E-state index in [9.17, 15) is 0 Å². The number of hydrogen-bond acceptors (Lipinski definition) is 4. The molecule has 1 aliphatic carbocycles. The van der Waals surface area contributed by atoms with E-state index >= 15 is 0 Å². The smallest absolute Gasteiger partial charge is 0.203 e. The molecule has 0 saturated heterocycles. The van der Waals surface area contributed by atoms with Crippen molar-refractivity contribution in [2.75, 3.05) is 5.32 Å². The van der Waals surface area contributed by atoms with E-state index in [0.29, 0.717) is 18.4 Å². The summed E-state index contributed by atoms with van der Waals surface area (Å²) in [5.41, 5.74) is 1.00. The van der Waals surface area contributed by atoms with Crippen LogP contribution < -0.4 is 10.1 Å². The number of benzene rings is 1.